The number of aromatic nitrogens is 1. The molecule has 0 aliphatic heterocycles. The molecular formula is C11H16N4O3. The van der Waals surface area contributed by atoms with Gasteiger partial charge in [0.05, 0.1) is 6.54 Å². The summed E-state index contributed by atoms with van der Waals surface area (Å²) in [6.45, 7) is 5.02. The molecule has 0 bridgehead atoms. The number of hydrogen-bond acceptors (Lipinski definition) is 5. The zero-order chi connectivity index (χ0) is 13.5. The lowest BCUT2D eigenvalue weighted by molar-refractivity contribution is -0.388. The minimum Gasteiger partial charge on any atom is -0.369 e. The van der Waals surface area contributed by atoms with Crippen molar-refractivity contribution in [2.24, 2.45) is 0 Å². The van der Waals surface area contributed by atoms with Crippen molar-refractivity contribution in [3.8, 4) is 0 Å². The molecule has 18 heavy (non-hydrogen) atoms. The summed E-state index contributed by atoms with van der Waals surface area (Å²) in [5.74, 6) is -0.372. The number of likely N-dealkylation sites (N-methyl/N-ethyl adjacent to an activating group) is 1. The highest BCUT2D eigenvalue weighted by molar-refractivity contribution is 5.81. The van der Waals surface area contributed by atoms with Gasteiger partial charge in [-0.1, -0.05) is 0 Å². The van der Waals surface area contributed by atoms with Gasteiger partial charge in [-0.2, -0.15) is 0 Å². The maximum Gasteiger partial charge on any atom is 0.386 e. The predicted octanol–water partition coefficient (Wildman–Crippen LogP) is 1.27. The number of carbonyl (C=O) groups excluding carboxylic acids is 1. The number of nitrogens with one attached hydrogen (secondary N) is 1. The number of amides is 1. The molecule has 1 heterocycles. The molecule has 0 fully saturated rings. The van der Waals surface area contributed by atoms with Crippen molar-refractivity contribution in [3.05, 3.63) is 28.4 Å². The molecule has 1 aromatic rings. The number of nitrogens with zero attached hydrogens (tertiary/aromatic N) is 3. The van der Waals surface area contributed by atoms with E-state index in [1.54, 1.807) is 11.0 Å². The Balaban J connectivity index is 2.69. The molecule has 98 valence electrons. The second-order valence-corrected chi connectivity index (χ2v) is 3.55. The molecule has 0 spiro atoms. The lowest BCUT2D eigenvalue weighted by Crippen LogP contribution is -2.35. The maximum atomic E-state index is 11.7. The second kappa shape index (κ2) is 6.53. The van der Waals surface area contributed by atoms with Gasteiger partial charge in [-0.05, 0) is 35.9 Å². The predicted molar refractivity (Wildman–Crippen MR) is 67.3 cm³/mol. The minimum atomic E-state index is -0.579. The van der Waals surface area contributed by atoms with Crippen molar-refractivity contribution in [3.63, 3.8) is 0 Å². The lowest BCUT2D eigenvalue weighted by atomic mass is 10.3. The quantitative estimate of drug-likeness (QED) is 0.608. The van der Waals surface area contributed by atoms with E-state index in [1.165, 1.54) is 12.3 Å². The second-order valence-electron chi connectivity index (χ2n) is 3.55. The summed E-state index contributed by atoms with van der Waals surface area (Å²) in [7, 11) is 0. The Labute approximate surface area is 105 Å². The normalized spacial score (nSPS) is 9.89. The van der Waals surface area contributed by atoms with E-state index in [4.69, 9.17) is 0 Å². The highest BCUT2D eigenvalue weighted by Gasteiger charge is 2.16. The van der Waals surface area contributed by atoms with Crippen molar-refractivity contribution in [1.82, 2.24) is 9.88 Å². The first-order chi connectivity index (χ1) is 8.60. The Bertz CT molecular complexity index is 432. The number of carbonyl (C=O) groups is 1. The highest BCUT2D eigenvalue weighted by atomic mass is 16.6. The molecule has 1 amide bonds. The van der Waals surface area contributed by atoms with Crippen LogP contribution in [0.3, 0.4) is 0 Å². The number of hydrogen-bond donors (Lipinski definition) is 1. The van der Waals surface area contributed by atoms with E-state index in [0.29, 0.717) is 13.1 Å². The summed E-state index contributed by atoms with van der Waals surface area (Å²) in [5.41, 5.74) is 0.253. The Morgan fingerprint density at radius 3 is 2.72 bits per heavy atom. The zero-order valence-electron chi connectivity index (χ0n) is 10.4. The molecule has 0 aliphatic carbocycles. The average Bonchev–Trinajstić information content (AvgIpc) is 2.38. The van der Waals surface area contributed by atoms with Crippen LogP contribution in [0, 0.1) is 10.1 Å². The van der Waals surface area contributed by atoms with Gasteiger partial charge in [0.2, 0.25) is 5.91 Å². The first-order valence-corrected chi connectivity index (χ1v) is 5.71. The van der Waals surface area contributed by atoms with Crippen molar-refractivity contribution >= 4 is 17.4 Å². The summed E-state index contributed by atoms with van der Waals surface area (Å²) in [6.07, 6.45) is 1.34. The SMILES string of the molecule is CCN(CC)C(=O)CNc1cccnc1[N+](=O)[O-]. The van der Waals surface area contributed by atoms with E-state index < -0.39 is 4.92 Å². The molecule has 7 heteroatoms. The largest absolute Gasteiger partial charge is 0.386 e. The molecule has 0 aliphatic rings. The standard InChI is InChI=1S/C11H16N4O3/c1-3-14(4-2)10(16)8-13-9-6-5-7-12-11(9)15(17)18/h5-7,13H,3-4,8H2,1-2H3. The van der Waals surface area contributed by atoms with Crippen LogP contribution in [0.25, 0.3) is 0 Å². The summed E-state index contributed by atoms with van der Waals surface area (Å²) in [6, 6.07) is 3.11. The average molecular weight is 252 g/mol. The fraction of sp³-hybridized carbons (Fsp3) is 0.455. The monoisotopic (exact) mass is 252 g/mol. The van der Waals surface area contributed by atoms with Crippen LogP contribution in [-0.2, 0) is 4.79 Å². The van der Waals surface area contributed by atoms with Gasteiger partial charge in [0, 0.05) is 13.1 Å². The Hall–Kier alpha value is -2.18. The molecule has 7 nitrogen and oxygen atoms in total. The van der Waals surface area contributed by atoms with Crippen LogP contribution in [-0.4, -0.2) is 40.3 Å². The van der Waals surface area contributed by atoms with Gasteiger partial charge in [-0.25, -0.2) is 0 Å². The van der Waals surface area contributed by atoms with Crippen molar-refractivity contribution in [1.29, 1.82) is 0 Å². The fourth-order valence-electron chi connectivity index (χ4n) is 1.54. The van der Waals surface area contributed by atoms with E-state index >= 15 is 0 Å². The maximum absolute atomic E-state index is 11.7. The molecule has 0 atom stereocenters. The summed E-state index contributed by atoms with van der Waals surface area (Å²) >= 11 is 0. The number of rotatable bonds is 6. The molecule has 0 radical (unpaired) electrons. The van der Waals surface area contributed by atoms with E-state index in [9.17, 15) is 14.9 Å². The van der Waals surface area contributed by atoms with E-state index in [-0.39, 0.29) is 24.0 Å². The molecule has 1 aromatic heterocycles. The van der Waals surface area contributed by atoms with Crippen LogP contribution < -0.4 is 5.32 Å². The van der Waals surface area contributed by atoms with Crippen molar-refractivity contribution in [2.45, 2.75) is 13.8 Å². The third-order valence-electron chi connectivity index (χ3n) is 2.51. The van der Waals surface area contributed by atoms with Gasteiger partial charge >= 0.3 is 5.82 Å². The number of nitro groups is 1. The smallest absolute Gasteiger partial charge is 0.369 e. The molecule has 0 unspecified atom stereocenters. The van der Waals surface area contributed by atoms with Crippen LogP contribution in [0.5, 0.6) is 0 Å². The molecule has 1 rings (SSSR count). The van der Waals surface area contributed by atoms with Gasteiger partial charge in [-0.3, -0.25) is 4.79 Å². The topological polar surface area (TPSA) is 88.4 Å². The third kappa shape index (κ3) is 3.41. The summed E-state index contributed by atoms with van der Waals surface area (Å²) < 4.78 is 0. The van der Waals surface area contributed by atoms with Crippen LogP contribution in [0.4, 0.5) is 11.5 Å². The van der Waals surface area contributed by atoms with Gasteiger partial charge in [-0.15, -0.1) is 0 Å². The first kappa shape index (κ1) is 13.9. The Morgan fingerprint density at radius 1 is 1.50 bits per heavy atom. The van der Waals surface area contributed by atoms with Gasteiger partial charge in [0.25, 0.3) is 0 Å². The van der Waals surface area contributed by atoms with Gasteiger partial charge in [0.1, 0.15) is 11.9 Å². The van der Waals surface area contributed by atoms with Crippen LogP contribution in [0.2, 0.25) is 0 Å². The van der Waals surface area contributed by atoms with Gasteiger partial charge < -0.3 is 20.3 Å². The molecule has 0 saturated carbocycles. The molecule has 0 saturated heterocycles. The number of anilines is 1. The Kier molecular flexibility index (Phi) is 5.04. The fourth-order valence-corrected chi connectivity index (χ4v) is 1.54. The van der Waals surface area contributed by atoms with Crippen molar-refractivity contribution in [2.75, 3.05) is 25.0 Å². The molecular weight excluding hydrogens is 236 g/mol. The molecule has 1 N–H and O–H groups in total. The van der Waals surface area contributed by atoms with Gasteiger partial charge in [0.15, 0.2) is 0 Å². The van der Waals surface area contributed by atoms with Crippen LogP contribution >= 0.6 is 0 Å². The summed E-state index contributed by atoms with van der Waals surface area (Å²) in [4.78, 5) is 27.2. The van der Waals surface area contributed by atoms with E-state index in [0.717, 1.165) is 0 Å². The lowest BCUT2D eigenvalue weighted by Gasteiger charge is -2.18. The summed E-state index contributed by atoms with van der Waals surface area (Å²) in [5, 5.41) is 13.5. The van der Waals surface area contributed by atoms with Crippen LogP contribution in [0.15, 0.2) is 18.3 Å². The number of pyridine rings is 1. The van der Waals surface area contributed by atoms with E-state index in [1.807, 2.05) is 13.8 Å². The zero-order valence-corrected chi connectivity index (χ0v) is 10.4. The first-order valence-electron chi connectivity index (χ1n) is 5.71. The third-order valence-corrected chi connectivity index (χ3v) is 2.51. The minimum absolute atomic E-state index is 0.0220. The highest BCUT2D eigenvalue weighted by Crippen LogP contribution is 2.19. The van der Waals surface area contributed by atoms with Crippen LogP contribution in [0.1, 0.15) is 13.8 Å². The van der Waals surface area contributed by atoms with Crippen molar-refractivity contribution < 1.29 is 9.72 Å². The Morgan fingerprint density at radius 2 is 2.17 bits per heavy atom. The van der Waals surface area contributed by atoms with E-state index in [2.05, 4.69) is 10.3 Å². The molecule has 0 aromatic carbocycles.